The van der Waals surface area contributed by atoms with Crippen molar-refractivity contribution in [2.75, 3.05) is 20.2 Å². The number of rotatable bonds is 6. The average molecular weight is 383 g/mol. The number of benzene rings is 1. The van der Waals surface area contributed by atoms with E-state index in [4.69, 9.17) is 9.47 Å². The number of carbonyl (C=O) groups excluding carboxylic acids is 1. The summed E-state index contributed by atoms with van der Waals surface area (Å²) in [4.78, 5) is 14.4. The van der Waals surface area contributed by atoms with E-state index in [1.54, 1.807) is 19.5 Å². The second kappa shape index (κ2) is 8.67. The number of piperidine rings is 1. The molecule has 4 rings (SSSR count). The number of aromatic nitrogens is 2. The van der Waals surface area contributed by atoms with Gasteiger partial charge in [0.15, 0.2) is 11.5 Å². The minimum absolute atomic E-state index is 0.0731. The van der Waals surface area contributed by atoms with Gasteiger partial charge in [0.05, 0.1) is 25.0 Å². The molecule has 2 fully saturated rings. The van der Waals surface area contributed by atoms with Crippen molar-refractivity contribution >= 4 is 5.91 Å². The highest BCUT2D eigenvalue weighted by Crippen LogP contribution is 2.34. The van der Waals surface area contributed by atoms with Crippen molar-refractivity contribution in [3.8, 4) is 11.5 Å². The Balaban J connectivity index is 1.35. The smallest absolute Gasteiger partial charge is 0.257 e. The summed E-state index contributed by atoms with van der Waals surface area (Å²) in [5, 5.41) is 6.58. The van der Waals surface area contributed by atoms with Gasteiger partial charge in [-0.05, 0) is 68.6 Å². The van der Waals surface area contributed by atoms with Crippen molar-refractivity contribution in [2.45, 2.75) is 51.0 Å². The minimum Gasteiger partial charge on any atom is -0.493 e. The zero-order valence-corrected chi connectivity index (χ0v) is 16.5. The van der Waals surface area contributed by atoms with Crippen LogP contribution in [-0.2, 0) is 6.42 Å². The molecule has 6 heteroatoms. The first kappa shape index (κ1) is 18.8. The third-order valence-electron chi connectivity index (χ3n) is 6.00. The zero-order valence-electron chi connectivity index (χ0n) is 16.5. The fourth-order valence-corrected chi connectivity index (χ4v) is 4.35. The van der Waals surface area contributed by atoms with Gasteiger partial charge in [0, 0.05) is 19.3 Å². The van der Waals surface area contributed by atoms with Crippen LogP contribution >= 0.6 is 0 Å². The van der Waals surface area contributed by atoms with Gasteiger partial charge in [-0.15, -0.1) is 0 Å². The molecule has 0 unspecified atom stereocenters. The number of H-pyrrole nitrogens is 1. The summed E-state index contributed by atoms with van der Waals surface area (Å²) in [5.41, 5.74) is 1.93. The van der Waals surface area contributed by atoms with E-state index < -0.39 is 0 Å². The van der Waals surface area contributed by atoms with Crippen LogP contribution in [-0.4, -0.2) is 47.3 Å². The molecule has 0 spiro atoms. The highest BCUT2D eigenvalue weighted by molar-refractivity contribution is 5.93. The Hall–Kier alpha value is -2.50. The van der Waals surface area contributed by atoms with Crippen LogP contribution in [0.1, 0.15) is 54.4 Å². The van der Waals surface area contributed by atoms with E-state index in [1.807, 2.05) is 11.0 Å². The van der Waals surface area contributed by atoms with Crippen LogP contribution in [0.15, 0.2) is 30.6 Å². The second-order valence-corrected chi connectivity index (χ2v) is 7.94. The molecule has 2 aromatic rings. The molecule has 1 saturated heterocycles. The average Bonchev–Trinajstić information content (AvgIpc) is 3.43. The van der Waals surface area contributed by atoms with Gasteiger partial charge in [-0.25, -0.2) is 0 Å². The summed E-state index contributed by atoms with van der Waals surface area (Å²) in [6, 6.07) is 6.32. The van der Waals surface area contributed by atoms with E-state index in [1.165, 1.54) is 18.4 Å². The largest absolute Gasteiger partial charge is 0.493 e. The summed E-state index contributed by atoms with van der Waals surface area (Å²) in [6.45, 7) is 1.60. The Kier molecular flexibility index (Phi) is 5.84. The number of carbonyl (C=O) groups is 1. The number of aromatic amines is 1. The van der Waals surface area contributed by atoms with Gasteiger partial charge in [-0.2, -0.15) is 5.10 Å². The third kappa shape index (κ3) is 4.32. The molecule has 2 heterocycles. The van der Waals surface area contributed by atoms with Crippen molar-refractivity contribution in [2.24, 2.45) is 5.92 Å². The summed E-state index contributed by atoms with van der Waals surface area (Å²) < 4.78 is 11.7. The lowest BCUT2D eigenvalue weighted by molar-refractivity contribution is 0.0690. The van der Waals surface area contributed by atoms with E-state index in [0.717, 1.165) is 56.7 Å². The lowest BCUT2D eigenvalue weighted by Gasteiger charge is -2.32. The number of nitrogens with one attached hydrogen (secondary N) is 1. The van der Waals surface area contributed by atoms with Crippen LogP contribution in [0.5, 0.6) is 11.5 Å². The van der Waals surface area contributed by atoms with Gasteiger partial charge in [0.1, 0.15) is 0 Å². The van der Waals surface area contributed by atoms with Crippen LogP contribution < -0.4 is 9.47 Å². The standard InChI is InChI=1S/C22H29N3O3/c1-27-20-7-6-17(13-21(20)28-19-4-2-3-5-19)12-16-8-10-25(11-9-16)22(26)18-14-23-24-15-18/h6-7,13-16,19H,2-5,8-12H2,1H3,(H,23,24). The monoisotopic (exact) mass is 383 g/mol. The van der Waals surface area contributed by atoms with Gasteiger partial charge in [0.25, 0.3) is 5.91 Å². The van der Waals surface area contributed by atoms with Crippen LogP contribution in [0, 0.1) is 5.92 Å². The maximum absolute atomic E-state index is 12.4. The van der Waals surface area contributed by atoms with Crippen molar-refractivity contribution < 1.29 is 14.3 Å². The number of nitrogens with zero attached hydrogens (tertiary/aromatic N) is 2. The van der Waals surface area contributed by atoms with Crippen LogP contribution in [0.4, 0.5) is 0 Å². The predicted molar refractivity (Wildman–Crippen MR) is 107 cm³/mol. The topological polar surface area (TPSA) is 67.5 Å². The molecule has 1 amide bonds. The summed E-state index contributed by atoms with van der Waals surface area (Å²) in [7, 11) is 1.70. The summed E-state index contributed by atoms with van der Waals surface area (Å²) in [6.07, 6.45) is 11.4. The van der Waals surface area contributed by atoms with Gasteiger partial charge < -0.3 is 14.4 Å². The quantitative estimate of drug-likeness (QED) is 0.823. The summed E-state index contributed by atoms with van der Waals surface area (Å²) in [5.74, 6) is 2.35. The molecule has 1 aliphatic carbocycles. The van der Waals surface area contributed by atoms with Crippen molar-refractivity contribution in [3.63, 3.8) is 0 Å². The number of likely N-dealkylation sites (tertiary alicyclic amines) is 1. The summed E-state index contributed by atoms with van der Waals surface area (Å²) >= 11 is 0. The molecule has 1 aliphatic heterocycles. The second-order valence-electron chi connectivity index (χ2n) is 7.94. The van der Waals surface area contributed by atoms with E-state index >= 15 is 0 Å². The van der Waals surface area contributed by atoms with Crippen molar-refractivity contribution in [1.29, 1.82) is 0 Å². The van der Waals surface area contributed by atoms with Gasteiger partial charge in [-0.3, -0.25) is 9.89 Å². The molecule has 1 aromatic carbocycles. The van der Waals surface area contributed by atoms with E-state index in [2.05, 4.69) is 22.3 Å². The lowest BCUT2D eigenvalue weighted by Crippen LogP contribution is -2.38. The first-order valence-corrected chi connectivity index (χ1v) is 10.3. The van der Waals surface area contributed by atoms with Gasteiger partial charge in [0.2, 0.25) is 0 Å². The van der Waals surface area contributed by atoms with Crippen molar-refractivity contribution in [1.82, 2.24) is 15.1 Å². The lowest BCUT2D eigenvalue weighted by atomic mass is 9.90. The number of hydrogen-bond donors (Lipinski definition) is 1. The number of ether oxygens (including phenoxy) is 2. The van der Waals surface area contributed by atoms with Crippen molar-refractivity contribution in [3.05, 3.63) is 41.7 Å². The number of hydrogen-bond acceptors (Lipinski definition) is 4. The highest BCUT2D eigenvalue weighted by Gasteiger charge is 2.25. The molecular formula is C22H29N3O3. The van der Waals surface area contributed by atoms with Gasteiger partial charge >= 0.3 is 0 Å². The molecule has 150 valence electrons. The fraction of sp³-hybridized carbons (Fsp3) is 0.545. The Labute approximate surface area is 166 Å². The molecule has 0 bridgehead atoms. The Morgan fingerprint density at radius 1 is 1.18 bits per heavy atom. The Morgan fingerprint density at radius 3 is 2.64 bits per heavy atom. The fourth-order valence-electron chi connectivity index (χ4n) is 4.35. The normalized spacial score (nSPS) is 18.4. The Morgan fingerprint density at radius 2 is 1.96 bits per heavy atom. The maximum atomic E-state index is 12.4. The highest BCUT2D eigenvalue weighted by atomic mass is 16.5. The Bertz CT molecular complexity index is 776. The molecule has 0 atom stereocenters. The predicted octanol–water partition coefficient (Wildman–Crippen LogP) is 3.83. The molecule has 1 aromatic heterocycles. The molecule has 28 heavy (non-hydrogen) atoms. The molecule has 2 aliphatic rings. The minimum atomic E-state index is 0.0731. The van der Waals surface area contributed by atoms with E-state index in [9.17, 15) is 4.79 Å². The molecule has 0 radical (unpaired) electrons. The first-order chi connectivity index (χ1) is 13.7. The molecular weight excluding hydrogens is 354 g/mol. The van der Waals surface area contributed by atoms with E-state index in [0.29, 0.717) is 17.6 Å². The maximum Gasteiger partial charge on any atom is 0.257 e. The first-order valence-electron chi connectivity index (χ1n) is 10.3. The number of amides is 1. The van der Waals surface area contributed by atoms with Crippen LogP contribution in [0.25, 0.3) is 0 Å². The SMILES string of the molecule is COc1ccc(CC2CCN(C(=O)c3cn[nH]c3)CC2)cc1OC1CCCC1. The zero-order chi connectivity index (χ0) is 19.3. The van der Waals surface area contributed by atoms with Gasteiger partial charge in [-0.1, -0.05) is 6.07 Å². The molecule has 1 N–H and O–H groups in total. The van der Waals surface area contributed by atoms with E-state index in [-0.39, 0.29) is 5.91 Å². The van der Waals surface area contributed by atoms with Crippen LogP contribution in [0.2, 0.25) is 0 Å². The third-order valence-corrected chi connectivity index (χ3v) is 6.00. The number of methoxy groups -OCH3 is 1. The molecule has 1 saturated carbocycles. The van der Waals surface area contributed by atoms with Crippen LogP contribution in [0.3, 0.4) is 0 Å². The molecule has 6 nitrogen and oxygen atoms in total.